The van der Waals surface area contributed by atoms with Crippen LogP contribution in [0.2, 0.25) is 0 Å². The largest absolute Gasteiger partial charge is 0.493 e. The van der Waals surface area contributed by atoms with Gasteiger partial charge in [0.1, 0.15) is 0 Å². The number of methoxy groups -OCH3 is 2. The molecule has 1 aliphatic heterocycles. The van der Waals surface area contributed by atoms with Crippen LogP contribution in [0.3, 0.4) is 0 Å². The quantitative estimate of drug-likeness (QED) is 0.503. The fraction of sp³-hybridized carbons (Fsp3) is 0.500. The molecule has 0 spiro atoms. The predicted octanol–water partition coefficient (Wildman–Crippen LogP) is 5.13. The molecule has 5 nitrogen and oxygen atoms in total. The minimum absolute atomic E-state index is 0.178. The number of carbonyl (C=O) groups excluding carboxylic acids is 2. The Morgan fingerprint density at radius 3 is 2.07 bits per heavy atom. The molecule has 0 radical (unpaired) electrons. The average molecular weight is 521 g/mol. The van der Waals surface area contributed by atoms with Crippen LogP contribution in [0.1, 0.15) is 63.4 Å². The summed E-state index contributed by atoms with van der Waals surface area (Å²) in [6.45, 7) is 3.01. The summed E-state index contributed by atoms with van der Waals surface area (Å²) < 4.78 is 12.0. The van der Waals surface area contributed by atoms with E-state index in [0.717, 1.165) is 70.3 Å². The fourth-order valence-corrected chi connectivity index (χ4v) is 5.99. The molecule has 6 heteroatoms. The zero-order chi connectivity index (χ0) is 21.4. The maximum absolute atomic E-state index is 13.2. The van der Waals surface area contributed by atoms with E-state index in [2.05, 4.69) is 34.4 Å². The van der Waals surface area contributed by atoms with Gasteiger partial charge in [0.25, 0.3) is 0 Å². The summed E-state index contributed by atoms with van der Waals surface area (Å²) in [7, 11) is 3.24. The lowest BCUT2D eigenvalue weighted by Crippen LogP contribution is -2.39. The Hall–Kier alpha value is -1.83. The van der Waals surface area contributed by atoms with Crippen molar-refractivity contribution in [3.63, 3.8) is 0 Å². The highest BCUT2D eigenvalue weighted by Crippen LogP contribution is 2.50. The highest BCUT2D eigenvalue weighted by Gasteiger charge is 2.43. The third-order valence-electron chi connectivity index (χ3n) is 6.32. The molecule has 0 saturated heterocycles. The summed E-state index contributed by atoms with van der Waals surface area (Å²) in [5.41, 5.74) is 4.87. The number of benzene rings is 1. The molecular weight excluding hydrogens is 493 g/mol. The van der Waals surface area contributed by atoms with Crippen molar-refractivity contribution in [3.8, 4) is 11.5 Å². The van der Waals surface area contributed by atoms with Gasteiger partial charge in [-0.25, -0.2) is 0 Å². The first-order chi connectivity index (χ1) is 14.5. The Balaban J connectivity index is 1.97. The van der Waals surface area contributed by atoms with Crippen molar-refractivity contribution in [1.29, 1.82) is 0 Å². The Bertz CT molecular complexity index is 918. The van der Waals surface area contributed by atoms with Gasteiger partial charge in [-0.2, -0.15) is 0 Å². The molecule has 160 valence electrons. The summed E-state index contributed by atoms with van der Waals surface area (Å²) in [6.07, 6.45) is 5.64. The number of allylic oxidation sites excluding steroid dienone is 4. The molecule has 0 fully saturated rings. The van der Waals surface area contributed by atoms with Gasteiger partial charge in [-0.15, -0.1) is 0 Å². The number of halogens is 1. The lowest BCUT2D eigenvalue weighted by molar-refractivity contribution is -0.117. The molecule has 0 amide bonds. The summed E-state index contributed by atoms with van der Waals surface area (Å²) in [4.78, 5) is 28.8. The van der Waals surface area contributed by atoms with Crippen LogP contribution in [0.15, 0.2) is 34.7 Å². The van der Waals surface area contributed by atoms with E-state index in [-0.39, 0.29) is 17.5 Å². The molecule has 2 aliphatic carbocycles. The smallest absolute Gasteiger partial charge is 0.174 e. The number of hydrogen-bond donors (Lipinski definition) is 0. The zero-order valence-electron chi connectivity index (χ0n) is 17.8. The van der Waals surface area contributed by atoms with Crippen LogP contribution in [-0.4, -0.2) is 37.2 Å². The van der Waals surface area contributed by atoms with Gasteiger partial charge in [-0.3, -0.25) is 9.59 Å². The number of nitrogens with zero attached hydrogens (tertiary/aromatic N) is 1. The van der Waals surface area contributed by atoms with Crippen LogP contribution in [0.4, 0.5) is 0 Å². The summed E-state index contributed by atoms with van der Waals surface area (Å²) in [5, 5.41) is 0. The Labute approximate surface area is 191 Å². The van der Waals surface area contributed by atoms with Crippen molar-refractivity contribution in [2.24, 2.45) is 0 Å². The normalized spacial score (nSPS) is 19.8. The maximum atomic E-state index is 13.2. The van der Waals surface area contributed by atoms with Crippen LogP contribution in [0, 0.1) is 3.57 Å². The summed E-state index contributed by atoms with van der Waals surface area (Å²) in [6, 6.07) is 3.99. The predicted molar refractivity (Wildman–Crippen MR) is 124 cm³/mol. The first-order valence-corrected chi connectivity index (χ1v) is 11.8. The second kappa shape index (κ2) is 8.73. The third-order valence-corrected chi connectivity index (χ3v) is 7.12. The molecule has 0 aromatic heterocycles. The van der Waals surface area contributed by atoms with E-state index in [9.17, 15) is 9.59 Å². The van der Waals surface area contributed by atoms with Crippen molar-refractivity contribution < 1.29 is 19.1 Å². The van der Waals surface area contributed by atoms with Gasteiger partial charge in [0.2, 0.25) is 0 Å². The molecule has 4 rings (SSSR count). The fourth-order valence-electron chi connectivity index (χ4n) is 5.15. The zero-order valence-corrected chi connectivity index (χ0v) is 20.0. The number of rotatable bonds is 5. The standard InChI is InChI=1S/C24H28INO4/c1-4-11-26-16-7-5-9-18(27)22(16)21(23-17(26)8-6-10-19(23)28)14-12-15(25)24(30-3)20(13-14)29-2/h12-13,21H,4-11H2,1-3H3. The Kier molecular flexibility index (Phi) is 6.23. The van der Waals surface area contributed by atoms with E-state index >= 15 is 0 Å². The molecule has 0 atom stereocenters. The van der Waals surface area contributed by atoms with E-state index < -0.39 is 0 Å². The van der Waals surface area contributed by atoms with E-state index in [1.807, 2.05) is 12.1 Å². The number of ether oxygens (including phenoxy) is 2. The van der Waals surface area contributed by atoms with Crippen molar-refractivity contribution in [2.45, 2.75) is 57.8 Å². The number of hydrogen-bond acceptors (Lipinski definition) is 5. The van der Waals surface area contributed by atoms with Crippen molar-refractivity contribution in [1.82, 2.24) is 4.90 Å². The van der Waals surface area contributed by atoms with Gasteiger partial charge >= 0.3 is 0 Å². The Morgan fingerprint density at radius 2 is 1.57 bits per heavy atom. The van der Waals surface area contributed by atoms with Crippen LogP contribution in [0.5, 0.6) is 11.5 Å². The van der Waals surface area contributed by atoms with Crippen LogP contribution in [0.25, 0.3) is 0 Å². The number of ketones is 2. The number of carbonyl (C=O) groups is 2. The lowest BCUT2D eigenvalue weighted by Gasteiger charge is -2.44. The van der Waals surface area contributed by atoms with E-state index in [1.165, 1.54) is 0 Å². The van der Waals surface area contributed by atoms with Gasteiger partial charge < -0.3 is 14.4 Å². The monoisotopic (exact) mass is 521 g/mol. The molecule has 1 heterocycles. The molecule has 30 heavy (non-hydrogen) atoms. The highest BCUT2D eigenvalue weighted by molar-refractivity contribution is 14.1. The van der Waals surface area contributed by atoms with E-state index in [1.54, 1.807) is 14.2 Å². The first kappa shape index (κ1) is 21.4. The van der Waals surface area contributed by atoms with Gasteiger partial charge in [0.05, 0.1) is 17.8 Å². The summed E-state index contributed by atoms with van der Waals surface area (Å²) in [5.74, 6) is 1.36. The van der Waals surface area contributed by atoms with E-state index in [0.29, 0.717) is 24.3 Å². The molecular formula is C24H28INO4. The SMILES string of the molecule is CCCN1C2=C(C(=O)CCC2)C(c2cc(I)c(OC)c(OC)c2)C2=C1CCCC2=O. The van der Waals surface area contributed by atoms with Crippen LogP contribution in [-0.2, 0) is 9.59 Å². The molecule has 0 bridgehead atoms. The minimum atomic E-state index is -0.308. The van der Waals surface area contributed by atoms with Gasteiger partial charge in [-0.1, -0.05) is 6.92 Å². The highest BCUT2D eigenvalue weighted by atomic mass is 127. The molecule has 1 aromatic rings. The van der Waals surface area contributed by atoms with Crippen LogP contribution >= 0.6 is 22.6 Å². The second-order valence-electron chi connectivity index (χ2n) is 8.10. The summed E-state index contributed by atoms with van der Waals surface area (Å²) >= 11 is 2.24. The third kappa shape index (κ3) is 3.47. The van der Waals surface area contributed by atoms with Crippen molar-refractivity contribution in [3.05, 3.63) is 43.8 Å². The van der Waals surface area contributed by atoms with Crippen molar-refractivity contribution >= 4 is 34.2 Å². The van der Waals surface area contributed by atoms with E-state index in [4.69, 9.17) is 9.47 Å². The molecule has 1 aromatic carbocycles. The molecule has 0 unspecified atom stereocenters. The number of Topliss-reactive ketones (excluding diaryl/α,β-unsaturated/α-hetero) is 2. The van der Waals surface area contributed by atoms with Crippen LogP contribution < -0.4 is 9.47 Å². The Morgan fingerprint density at radius 1 is 0.967 bits per heavy atom. The molecule has 0 saturated carbocycles. The maximum Gasteiger partial charge on any atom is 0.174 e. The molecule has 0 N–H and O–H groups in total. The lowest BCUT2D eigenvalue weighted by atomic mass is 9.71. The topological polar surface area (TPSA) is 55.8 Å². The van der Waals surface area contributed by atoms with Gasteiger partial charge in [0.15, 0.2) is 23.1 Å². The molecule has 3 aliphatic rings. The minimum Gasteiger partial charge on any atom is -0.493 e. The van der Waals surface area contributed by atoms with Crippen molar-refractivity contribution in [2.75, 3.05) is 20.8 Å². The average Bonchev–Trinajstić information content (AvgIpc) is 2.74. The second-order valence-corrected chi connectivity index (χ2v) is 9.26. The first-order valence-electron chi connectivity index (χ1n) is 10.7. The van der Waals surface area contributed by atoms with Gasteiger partial charge in [0, 0.05) is 47.8 Å². The van der Waals surface area contributed by atoms with Gasteiger partial charge in [-0.05, 0) is 72.4 Å².